The molecule has 0 aliphatic rings. The van der Waals surface area contributed by atoms with E-state index in [2.05, 4.69) is 57.9 Å². The smallest absolute Gasteiger partial charge is 0.224 e. The fraction of sp³-hybridized carbons (Fsp3) is 0.200. The van der Waals surface area contributed by atoms with Crippen molar-refractivity contribution >= 4 is 17.5 Å². The molecule has 0 unspecified atom stereocenters. The summed E-state index contributed by atoms with van der Waals surface area (Å²) in [7, 11) is 0. The first kappa shape index (κ1) is 16.0. The maximum Gasteiger partial charge on any atom is 0.224 e. The van der Waals surface area contributed by atoms with Gasteiger partial charge in [-0.3, -0.25) is 0 Å². The van der Waals surface area contributed by atoms with Crippen LogP contribution < -0.4 is 10.6 Å². The summed E-state index contributed by atoms with van der Waals surface area (Å²) < 4.78 is 0. The quantitative estimate of drug-likeness (QED) is 0.626. The maximum absolute atomic E-state index is 4.52. The van der Waals surface area contributed by atoms with Crippen LogP contribution in [0.1, 0.15) is 17.5 Å². The number of hydrogen-bond donors (Lipinski definition) is 2. The fourth-order valence-corrected chi connectivity index (χ4v) is 2.50. The van der Waals surface area contributed by atoms with Crippen LogP contribution in [0.5, 0.6) is 0 Å². The first-order chi connectivity index (χ1) is 11.8. The van der Waals surface area contributed by atoms with Gasteiger partial charge in [-0.1, -0.05) is 48.5 Å². The number of nitrogens with one attached hydrogen (secondary N) is 2. The van der Waals surface area contributed by atoms with Crippen molar-refractivity contribution in [1.82, 2.24) is 9.97 Å². The van der Waals surface area contributed by atoms with Crippen molar-refractivity contribution in [3.63, 3.8) is 0 Å². The summed E-state index contributed by atoms with van der Waals surface area (Å²) in [5.41, 5.74) is 3.61. The van der Waals surface area contributed by atoms with Gasteiger partial charge in [0.2, 0.25) is 5.95 Å². The molecule has 0 radical (unpaired) electrons. The summed E-state index contributed by atoms with van der Waals surface area (Å²) >= 11 is 0. The molecule has 4 nitrogen and oxygen atoms in total. The maximum atomic E-state index is 4.52. The molecule has 0 saturated heterocycles. The van der Waals surface area contributed by atoms with Crippen molar-refractivity contribution in [3.8, 4) is 0 Å². The van der Waals surface area contributed by atoms with Gasteiger partial charge in [0.15, 0.2) is 0 Å². The minimum atomic E-state index is 0.654. The summed E-state index contributed by atoms with van der Waals surface area (Å²) in [6.07, 6.45) is 3.87. The fourth-order valence-electron chi connectivity index (χ4n) is 2.50. The second-order valence-electron chi connectivity index (χ2n) is 5.72. The summed E-state index contributed by atoms with van der Waals surface area (Å²) in [5.74, 6) is 1.45. The molecule has 3 rings (SSSR count). The van der Waals surface area contributed by atoms with Crippen molar-refractivity contribution in [2.75, 3.05) is 17.2 Å². The molecule has 122 valence electrons. The zero-order valence-electron chi connectivity index (χ0n) is 13.9. The summed E-state index contributed by atoms with van der Waals surface area (Å²) in [6.45, 7) is 2.93. The van der Waals surface area contributed by atoms with Gasteiger partial charge in [0.05, 0.1) is 0 Å². The third-order valence-electron chi connectivity index (χ3n) is 3.83. The van der Waals surface area contributed by atoms with Gasteiger partial charge in [-0.2, -0.15) is 4.98 Å². The number of para-hydroxylation sites is 1. The molecule has 0 fully saturated rings. The van der Waals surface area contributed by atoms with E-state index in [0.717, 1.165) is 30.9 Å². The third kappa shape index (κ3) is 4.56. The Labute approximate surface area is 143 Å². The molecular formula is C20H22N4. The summed E-state index contributed by atoms with van der Waals surface area (Å²) in [4.78, 5) is 8.81. The zero-order valence-corrected chi connectivity index (χ0v) is 13.9. The molecule has 0 atom stereocenters. The van der Waals surface area contributed by atoms with Crippen molar-refractivity contribution in [1.29, 1.82) is 0 Å². The number of benzene rings is 2. The van der Waals surface area contributed by atoms with Crippen LogP contribution >= 0.6 is 0 Å². The second-order valence-corrected chi connectivity index (χ2v) is 5.72. The molecule has 24 heavy (non-hydrogen) atoms. The molecule has 0 aliphatic carbocycles. The Morgan fingerprint density at radius 2 is 1.71 bits per heavy atom. The van der Waals surface area contributed by atoms with Crippen LogP contribution in [0.25, 0.3) is 0 Å². The van der Waals surface area contributed by atoms with Gasteiger partial charge in [0.25, 0.3) is 0 Å². The second kappa shape index (κ2) is 8.11. The number of nitrogens with zero attached hydrogens (tertiary/aromatic N) is 2. The molecule has 0 bridgehead atoms. The molecule has 0 aliphatic heterocycles. The lowest BCUT2D eigenvalue weighted by atomic mass is 10.1. The van der Waals surface area contributed by atoms with Crippen LogP contribution in [0.2, 0.25) is 0 Å². The van der Waals surface area contributed by atoms with E-state index >= 15 is 0 Å². The average molecular weight is 318 g/mol. The highest BCUT2D eigenvalue weighted by Gasteiger charge is 2.01. The van der Waals surface area contributed by atoms with Crippen LogP contribution in [0, 0.1) is 6.92 Å². The Morgan fingerprint density at radius 3 is 2.54 bits per heavy atom. The standard InChI is InChI=1S/C20H22N4/c1-16-8-5-6-12-18(16)23-19-13-15-22-20(24-19)21-14-7-11-17-9-3-2-4-10-17/h2-6,8-10,12-13,15H,7,11,14H2,1H3,(H2,21,22,23,24). The Balaban J connectivity index is 1.53. The SMILES string of the molecule is Cc1ccccc1Nc1ccnc(NCCCc2ccccc2)n1. The number of rotatable bonds is 7. The number of aromatic nitrogens is 2. The molecule has 0 spiro atoms. The van der Waals surface area contributed by atoms with Crippen molar-refractivity contribution in [3.05, 3.63) is 78.0 Å². The Morgan fingerprint density at radius 1 is 0.917 bits per heavy atom. The van der Waals surface area contributed by atoms with Gasteiger partial charge < -0.3 is 10.6 Å². The van der Waals surface area contributed by atoms with Crippen molar-refractivity contribution in [2.45, 2.75) is 19.8 Å². The molecule has 2 aromatic carbocycles. The first-order valence-corrected chi connectivity index (χ1v) is 8.25. The van der Waals surface area contributed by atoms with Crippen LogP contribution in [0.4, 0.5) is 17.5 Å². The van der Waals surface area contributed by atoms with Gasteiger partial charge >= 0.3 is 0 Å². The van der Waals surface area contributed by atoms with Crippen LogP contribution in [0.15, 0.2) is 66.9 Å². The van der Waals surface area contributed by atoms with Gasteiger partial charge in [0, 0.05) is 18.4 Å². The molecular weight excluding hydrogens is 296 g/mol. The minimum absolute atomic E-state index is 0.654. The van der Waals surface area contributed by atoms with Gasteiger partial charge in [-0.15, -0.1) is 0 Å². The zero-order chi connectivity index (χ0) is 16.6. The number of anilines is 3. The highest BCUT2D eigenvalue weighted by Crippen LogP contribution is 2.18. The topological polar surface area (TPSA) is 49.8 Å². The minimum Gasteiger partial charge on any atom is -0.354 e. The highest BCUT2D eigenvalue weighted by atomic mass is 15.1. The van der Waals surface area contributed by atoms with E-state index in [0.29, 0.717) is 5.95 Å². The Kier molecular flexibility index (Phi) is 5.40. The van der Waals surface area contributed by atoms with Gasteiger partial charge in [-0.25, -0.2) is 4.98 Å². The lowest BCUT2D eigenvalue weighted by Crippen LogP contribution is -2.07. The molecule has 1 aromatic heterocycles. The lowest BCUT2D eigenvalue weighted by molar-refractivity contribution is 0.853. The lowest BCUT2D eigenvalue weighted by Gasteiger charge is -2.10. The number of hydrogen-bond acceptors (Lipinski definition) is 4. The molecule has 2 N–H and O–H groups in total. The van der Waals surface area contributed by atoms with Gasteiger partial charge in [0.1, 0.15) is 5.82 Å². The average Bonchev–Trinajstić information content (AvgIpc) is 2.62. The molecule has 3 aromatic rings. The van der Waals surface area contributed by atoms with Crippen molar-refractivity contribution in [2.24, 2.45) is 0 Å². The Hall–Kier alpha value is -2.88. The summed E-state index contributed by atoms with van der Waals surface area (Å²) in [6, 6.07) is 20.5. The predicted molar refractivity (Wildman–Crippen MR) is 99.7 cm³/mol. The van der Waals surface area contributed by atoms with Crippen LogP contribution in [-0.2, 0) is 6.42 Å². The first-order valence-electron chi connectivity index (χ1n) is 8.25. The van der Waals surface area contributed by atoms with E-state index in [4.69, 9.17) is 0 Å². The molecule has 0 saturated carbocycles. The van der Waals surface area contributed by atoms with E-state index in [1.165, 1.54) is 11.1 Å². The number of aryl methyl sites for hydroxylation is 2. The molecule has 0 amide bonds. The molecule has 1 heterocycles. The van der Waals surface area contributed by atoms with Gasteiger partial charge in [-0.05, 0) is 43.0 Å². The van der Waals surface area contributed by atoms with E-state index in [1.54, 1.807) is 6.20 Å². The van der Waals surface area contributed by atoms with Crippen LogP contribution in [-0.4, -0.2) is 16.5 Å². The van der Waals surface area contributed by atoms with Crippen LogP contribution in [0.3, 0.4) is 0 Å². The van der Waals surface area contributed by atoms with E-state index in [-0.39, 0.29) is 0 Å². The normalized spacial score (nSPS) is 10.4. The third-order valence-corrected chi connectivity index (χ3v) is 3.83. The van der Waals surface area contributed by atoms with E-state index < -0.39 is 0 Å². The Bertz CT molecular complexity index is 771. The van der Waals surface area contributed by atoms with E-state index in [1.807, 2.05) is 30.3 Å². The van der Waals surface area contributed by atoms with E-state index in [9.17, 15) is 0 Å². The largest absolute Gasteiger partial charge is 0.354 e. The summed E-state index contributed by atoms with van der Waals surface area (Å²) in [5, 5.41) is 6.63. The highest BCUT2D eigenvalue weighted by molar-refractivity contribution is 5.60. The molecule has 4 heteroatoms. The van der Waals surface area contributed by atoms with Crippen molar-refractivity contribution < 1.29 is 0 Å². The monoisotopic (exact) mass is 318 g/mol. The predicted octanol–water partition coefficient (Wildman–Crippen LogP) is 4.57.